The number of nitrogens with zero attached hydrogens (tertiary/aromatic N) is 1. The first-order valence-corrected chi connectivity index (χ1v) is 6.20. The van der Waals surface area contributed by atoms with Crippen molar-refractivity contribution in [2.75, 3.05) is 45.1 Å². The summed E-state index contributed by atoms with van der Waals surface area (Å²) in [7, 11) is 0. The van der Waals surface area contributed by atoms with Crippen LogP contribution in [0.5, 0.6) is 0 Å². The van der Waals surface area contributed by atoms with Crippen molar-refractivity contribution in [3.05, 3.63) is 29.8 Å². The standard InChI is InChI=1S/C13H21N3O/c14-13-4-2-1-3-12(13)11-15-5-6-16-7-9-17-10-8-16/h1-4,15H,5-11,14H2. The number of morpholine rings is 1. The highest BCUT2D eigenvalue weighted by Gasteiger charge is 2.08. The summed E-state index contributed by atoms with van der Waals surface area (Å²) >= 11 is 0. The van der Waals surface area contributed by atoms with Crippen LogP contribution >= 0.6 is 0 Å². The van der Waals surface area contributed by atoms with Crippen molar-refractivity contribution in [2.24, 2.45) is 0 Å². The van der Waals surface area contributed by atoms with E-state index in [-0.39, 0.29) is 0 Å². The summed E-state index contributed by atoms with van der Waals surface area (Å²) in [5, 5.41) is 3.43. The molecule has 1 aliphatic rings. The Morgan fingerprint density at radius 3 is 2.76 bits per heavy atom. The smallest absolute Gasteiger partial charge is 0.0594 e. The Bertz CT molecular complexity index is 337. The van der Waals surface area contributed by atoms with Crippen molar-refractivity contribution < 1.29 is 4.74 Å². The van der Waals surface area contributed by atoms with E-state index in [0.29, 0.717) is 0 Å². The number of nitrogens with one attached hydrogen (secondary N) is 1. The van der Waals surface area contributed by atoms with Crippen LogP contribution in [0.15, 0.2) is 24.3 Å². The zero-order chi connectivity index (χ0) is 11.9. The Morgan fingerprint density at radius 1 is 1.24 bits per heavy atom. The zero-order valence-electron chi connectivity index (χ0n) is 10.2. The van der Waals surface area contributed by atoms with Gasteiger partial charge >= 0.3 is 0 Å². The van der Waals surface area contributed by atoms with Crippen molar-refractivity contribution >= 4 is 5.69 Å². The highest BCUT2D eigenvalue weighted by molar-refractivity contribution is 5.46. The van der Waals surface area contributed by atoms with Crippen molar-refractivity contribution in [2.45, 2.75) is 6.54 Å². The minimum atomic E-state index is 0.844. The lowest BCUT2D eigenvalue weighted by Crippen LogP contribution is -2.40. The SMILES string of the molecule is Nc1ccccc1CNCCN1CCOCC1. The highest BCUT2D eigenvalue weighted by atomic mass is 16.5. The van der Waals surface area contributed by atoms with E-state index in [9.17, 15) is 0 Å². The number of hydrogen-bond donors (Lipinski definition) is 2. The summed E-state index contributed by atoms with van der Waals surface area (Å²) in [5.74, 6) is 0. The normalized spacial score (nSPS) is 17.2. The monoisotopic (exact) mass is 235 g/mol. The van der Waals surface area contributed by atoms with Gasteiger partial charge in [-0.15, -0.1) is 0 Å². The largest absolute Gasteiger partial charge is 0.398 e. The maximum atomic E-state index is 5.88. The third kappa shape index (κ3) is 4.00. The summed E-state index contributed by atoms with van der Waals surface area (Å²) in [6, 6.07) is 8.00. The fourth-order valence-corrected chi connectivity index (χ4v) is 1.98. The first-order chi connectivity index (χ1) is 8.36. The summed E-state index contributed by atoms with van der Waals surface area (Å²) in [4.78, 5) is 2.42. The van der Waals surface area contributed by atoms with Crippen LogP contribution in [-0.4, -0.2) is 44.3 Å². The Kier molecular flexibility index (Phi) is 4.79. The van der Waals surface area contributed by atoms with E-state index in [2.05, 4.69) is 16.3 Å². The van der Waals surface area contributed by atoms with Gasteiger partial charge < -0.3 is 15.8 Å². The van der Waals surface area contributed by atoms with E-state index in [4.69, 9.17) is 10.5 Å². The first-order valence-electron chi connectivity index (χ1n) is 6.20. The van der Waals surface area contributed by atoms with E-state index < -0.39 is 0 Å². The lowest BCUT2D eigenvalue weighted by Gasteiger charge is -2.26. The summed E-state index contributed by atoms with van der Waals surface area (Å²) in [6.45, 7) is 6.75. The molecule has 0 saturated carbocycles. The van der Waals surface area contributed by atoms with Crippen molar-refractivity contribution in [1.29, 1.82) is 0 Å². The topological polar surface area (TPSA) is 50.5 Å². The van der Waals surface area contributed by atoms with Gasteiger partial charge in [-0.05, 0) is 11.6 Å². The van der Waals surface area contributed by atoms with Gasteiger partial charge in [0.15, 0.2) is 0 Å². The maximum absolute atomic E-state index is 5.88. The molecule has 0 amide bonds. The molecule has 1 heterocycles. The number of ether oxygens (including phenoxy) is 1. The fraction of sp³-hybridized carbons (Fsp3) is 0.538. The van der Waals surface area contributed by atoms with Crippen LogP contribution in [0, 0.1) is 0 Å². The van der Waals surface area contributed by atoms with Gasteiger partial charge in [0, 0.05) is 38.4 Å². The van der Waals surface area contributed by atoms with Crippen LogP contribution in [0.1, 0.15) is 5.56 Å². The summed E-state index contributed by atoms with van der Waals surface area (Å²) in [5.41, 5.74) is 7.92. The number of nitrogens with two attached hydrogens (primary N) is 1. The van der Waals surface area contributed by atoms with Crippen LogP contribution in [-0.2, 0) is 11.3 Å². The zero-order valence-corrected chi connectivity index (χ0v) is 10.2. The lowest BCUT2D eigenvalue weighted by atomic mass is 10.2. The average molecular weight is 235 g/mol. The van der Waals surface area contributed by atoms with Gasteiger partial charge in [-0.2, -0.15) is 0 Å². The van der Waals surface area contributed by atoms with Gasteiger partial charge in [-0.25, -0.2) is 0 Å². The molecule has 1 aliphatic heterocycles. The number of para-hydroxylation sites is 1. The molecule has 0 aromatic heterocycles. The Balaban J connectivity index is 1.64. The van der Waals surface area contributed by atoms with Gasteiger partial charge in [0.05, 0.1) is 13.2 Å². The Labute approximate surface area is 103 Å². The molecular weight excluding hydrogens is 214 g/mol. The van der Waals surface area contributed by atoms with E-state index in [1.165, 1.54) is 5.56 Å². The molecule has 4 nitrogen and oxygen atoms in total. The summed E-state index contributed by atoms with van der Waals surface area (Å²) in [6.07, 6.45) is 0. The fourth-order valence-electron chi connectivity index (χ4n) is 1.98. The molecule has 0 unspecified atom stereocenters. The minimum absolute atomic E-state index is 0.844. The van der Waals surface area contributed by atoms with Gasteiger partial charge in [0.1, 0.15) is 0 Å². The van der Waals surface area contributed by atoms with Gasteiger partial charge in [0.25, 0.3) is 0 Å². The van der Waals surface area contributed by atoms with Gasteiger partial charge in [0.2, 0.25) is 0 Å². The van der Waals surface area contributed by atoms with Crippen LogP contribution in [0.4, 0.5) is 5.69 Å². The molecule has 2 rings (SSSR count). The summed E-state index contributed by atoms with van der Waals surface area (Å²) < 4.78 is 5.31. The molecular formula is C13H21N3O. The van der Waals surface area contributed by atoms with E-state index in [1.807, 2.05) is 18.2 Å². The maximum Gasteiger partial charge on any atom is 0.0594 e. The second-order valence-corrected chi connectivity index (χ2v) is 4.33. The predicted octanol–water partition coefficient (Wildman–Crippen LogP) is 0.691. The van der Waals surface area contributed by atoms with Crippen molar-refractivity contribution in [3.8, 4) is 0 Å². The Hall–Kier alpha value is -1.10. The molecule has 1 aromatic carbocycles. The lowest BCUT2D eigenvalue weighted by molar-refractivity contribution is 0.0384. The van der Waals surface area contributed by atoms with Crippen molar-refractivity contribution in [3.63, 3.8) is 0 Å². The van der Waals surface area contributed by atoms with E-state index in [1.54, 1.807) is 0 Å². The number of rotatable bonds is 5. The highest BCUT2D eigenvalue weighted by Crippen LogP contribution is 2.09. The second kappa shape index (κ2) is 6.59. The quantitative estimate of drug-likeness (QED) is 0.582. The first kappa shape index (κ1) is 12.4. The molecule has 0 spiro atoms. The van der Waals surface area contributed by atoms with Gasteiger partial charge in [-0.3, -0.25) is 4.90 Å². The molecule has 0 atom stereocenters. The molecule has 4 heteroatoms. The van der Waals surface area contributed by atoms with E-state index >= 15 is 0 Å². The third-order valence-electron chi connectivity index (χ3n) is 3.08. The van der Waals surface area contributed by atoms with Gasteiger partial charge in [-0.1, -0.05) is 18.2 Å². The number of anilines is 1. The molecule has 3 N–H and O–H groups in total. The number of hydrogen-bond acceptors (Lipinski definition) is 4. The molecule has 0 aliphatic carbocycles. The molecule has 1 aromatic rings. The van der Waals surface area contributed by atoms with Crippen LogP contribution in [0.25, 0.3) is 0 Å². The number of benzene rings is 1. The Morgan fingerprint density at radius 2 is 2.00 bits per heavy atom. The average Bonchev–Trinajstić information content (AvgIpc) is 2.38. The minimum Gasteiger partial charge on any atom is -0.398 e. The molecule has 0 bridgehead atoms. The third-order valence-corrected chi connectivity index (χ3v) is 3.08. The number of nitrogen functional groups attached to an aromatic ring is 1. The van der Waals surface area contributed by atoms with Crippen LogP contribution in [0.2, 0.25) is 0 Å². The predicted molar refractivity (Wildman–Crippen MR) is 69.8 cm³/mol. The molecule has 1 fully saturated rings. The molecule has 1 saturated heterocycles. The van der Waals surface area contributed by atoms with Crippen LogP contribution in [0.3, 0.4) is 0 Å². The van der Waals surface area contributed by atoms with Crippen LogP contribution < -0.4 is 11.1 Å². The second-order valence-electron chi connectivity index (χ2n) is 4.33. The van der Waals surface area contributed by atoms with E-state index in [0.717, 1.165) is 51.6 Å². The van der Waals surface area contributed by atoms with Crippen molar-refractivity contribution in [1.82, 2.24) is 10.2 Å². The molecule has 94 valence electrons. The molecule has 17 heavy (non-hydrogen) atoms. The molecule has 0 radical (unpaired) electrons.